The number of rotatable bonds is 18. The Morgan fingerprint density at radius 2 is 1.78 bits per heavy atom. The zero-order chi connectivity index (χ0) is 26.3. The summed E-state index contributed by atoms with van der Waals surface area (Å²) in [5, 5.41) is 11.3. The smallest absolute Gasteiger partial charge is 0.316 e. The van der Waals surface area contributed by atoms with Crippen molar-refractivity contribution in [1.29, 1.82) is 0 Å². The van der Waals surface area contributed by atoms with Crippen LogP contribution in [0.15, 0.2) is 54.9 Å². The predicted molar refractivity (Wildman–Crippen MR) is 148 cm³/mol. The summed E-state index contributed by atoms with van der Waals surface area (Å²) in [5.74, 6) is 0.632. The summed E-state index contributed by atoms with van der Waals surface area (Å²) in [6.45, 7) is 5.09. The maximum Gasteiger partial charge on any atom is 0.316 e. The molecule has 0 aliphatic carbocycles. The van der Waals surface area contributed by atoms with Crippen LogP contribution in [0, 0.1) is 0 Å². The molecule has 2 aromatic carbocycles. The third kappa shape index (κ3) is 10.2. The highest BCUT2D eigenvalue weighted by Crippen LogP contribution is 2.27. The highest BCUT2D eigenvalue weighted by molar-refractivity contribution is 7.91. The van der Waals surface area contributed by atoms with E-state index in [0.717, 1.165) is 18.4 Å². The Balaban J connectivity index is 1.64. The molecule has 1 N–H and O–H groups in total. The SMILES string of the molecule is CCCCCc1ccc2cc(C(CC)OCC(C[S+]([O-])CCOCCO)Oc3ncccn3)ccc2c1. The van der Waals surface area contributed by atoms with Crippen molar-refractivity contribution in [3.8, 4) is 6.01 Å². The molecular weight excluding hydrogens is 488 g/mol. The summed E-state index contributed by atoms with van der Waals surface area (Å²) >= 11 is -1.18. The first-order valence-electron chi connectivity index (χ1n) is 13.2. The number of fused-ring (bicyclic) bond motifs is 1. The van der Waals surface area contributed by atoms with E-state index < -0.39 is 17.3 Å². The molecule has 8 heteroatoms. The summed E-state index contributed by atoms with van der Waals surface area (Å²) in [5.41, 5.74) is 2.50. The molecule has 0 spiro atoms. The molecular formula is C29H40N2O5S. The number of nitrogens with zero attached hydrogens (tertiary/aromatic N) is 2. The second-order valence-electron chi connectivity index (χ2n) is 9.05. The topological polar surface area (TPSA) is 96.8 Å². The Bertz CT molecular complexity index is 1040. The van der Waals surface area contributed by atoms with Gasteiger partial charge in [0, 0.05) is 12.4 Å². The number of hydrogen-bond donors (Lipinski definition) is 1. The average Bonchev–Trinajstić information content (AvgIpc) is 2.92. The summed E-state index contributed by atoms with van der Waals surface area (Å²) < 4.78 is 30.2. The lowest BCUT2D eigenvalue weighted by Crippen LogP contribution is -2.34. The molecule has 3 atom stereocenters. The summed E-state index contributed by atoms with van der Waals surface area (Å²) in [7, 11) is 0. The molecule has 202 valence electrons. The molecule has 37 heavy (non-hydrogen) atoms. The van der Waals surface area contributed by atoms with Gasteiger partial charge in [-0.1, -0.05) is 57.0 Å². The molecule has 3 rings (SSSR count). The number of aliphatic hydroxyl groups excluding tert-OH is 1. The Morgan fingerprint density at radius 3 is 2.54 bits per heavy atom. The van der Waals surface area contributed by atoms with Crippen molar-refractivity contribution in [2.24, 2.45) is 0 Å². The quantitative estimate of drug-likeness (QED) is 0.183. The molecule has 0 radical (unpaired) electrons. The predicted octanol–water partition coefficient (Wildman–Crippen LogP) is 5.04. The van der Waals surface area contributed by atoms with Crippen LogP contribution < -0.4 is 4.74 Å². The monoisotopic (exact) mass is 528 g/mol. The van der Waals surface area contributed by atoms with Gasteiger partial charge < -0.3 is 23.9 Å². The Labute approximate surface area is 223 Å². The van der Waals surface area contributed by atoms with E-state index in [1.54, 1.807) is 18.5 Å². The molecule has 3 aromatic rings. The largest absolute Gasteiger partial charge is 0.616 e. The van der Waals surface area contributed by atoms with Gasteiger partial charge in [-0.05, 0) is 64.5 Å². The third-order valence-corrected chi connectivity index (χ3v) is 7.47. The number of aryl methyl sites for hydroxylation is 1. The molecule has 3 unspecified atom stereocenters. The molecule has 1 heterocycles. The molecule has 0 aliphatic heterocycles. The van der Waals surface area contributed by atoms with Crippen LogP contribution in [-0.2, 0) is 27.1 Å². The van der Waals surface area contributed by atoms with E-state index in [1.165, 1.54) is 35.6 Å². The lowest BCUT2D eigenvalue weighted by atomic mass is 9.99. The van der Waals surface area contributed by atoms with E-state index in [4.69, 9.17) is 19.3 Å². The standard InChI is InChI=1S/C29H40N2O5S/c1-3-5-6-8-23-9-10-25-20-26(12-11-24(25)19-23)28(4-2)35-21-27(36-29-30-13-7-14-31-29)22-37(33)18-17-34-16-15-32/h7,9-14,19-20,27-28,32H,3-6,8,15-18,21-22H2,1-2H3. The van der Waals surface area contributed by atoms with Gasteiger partial charge in [-0.2, -0.15) is 0 Å². The van der Waals surface area contributed by atoms with Gasteiger partial charge in [0.05, 0.1) is 32.5 Å². The fourth-order valence-electron chi connectivity index (χ4n) is 4.14. The summed E-state index contributed by atoms with van der Waals surface area (Å²) in [4.78, 5) is 8.28. The van der Waals surface area contributed by atoms with Crippen molar-refractivity contribution in [1.82, 2.24) is 9.97 Å². The Hall–Kier alpha value is -2.23. The van der Waals surface area contributed by atoms with Gasteiger partial charge in [-0.3, -0.25) is 0 Å². The van der Waals surface area contributed by atoms with Gasteiger partial charge >= 0.3 is 6.01 Å². The van der Waals surface area contributed by atoms with Gasteiger partial charge in [-0.25, -0.2) is 9.97 Å². The molecule has 0 fully saturated rings. The molecule has 0 saturated carbocycles. The first kappa shape index (κ1) is 29.3. The first-order chi connectivity index (χ1) is 18.1. The fourth-order valence-corrected chi connectivity index (χ4v) is 5.19. The van der Waals surface area contributed by atoms with Gasteiger partial charge in [-0.15, -0.1) is 0 Å². The zero-order valence-electron chi connectivity index (χ0n) is 22.0. The number of ether oxygens (including phenoxy) is 3. The van der Waals surface area contributed by atoms with Crippen LogP contribution in [0.1, 0.15) is 56.8 Å². The van der Waals surface area contributed by atoms with Crippen molar-refractivity contribution in [3.05, 3.63) is 66.0 Å². The van der Waals surface area contributed by atoms with Gasteiger partial charge in [0.1, 0.15) is 11.5 Å². The molecule has 0 saturated heterocycles. The normalized spacial score (nSPS) is 13.9. The van der Waals surface area contributed by atoms with E-state index in [2.05, 4.69) is 60.2 Å². The Kier molecular flexibility index (Phi) is 13.1. The molecule has 1 aromatic heterocycles. The van der Waals surface area contributed by atoms with Crippen LogP contribution in [0.5, 0.6) is 6.01 Å². The van der Waals surface area contributed by atoms with Crippen LogP contribution in [0.25, 0.3) is 10.8 Å². The van der Waals surface area contributed by atoms with E-state index in [0.29, 0.717) is 12.4 Å². The van der Waals surface area contributed by atoms with Crippen LogP contribution in [0.3, 0.4) is 0 Å². The number of unbranched alkanes of at least 4 members (excludes halogenated alkanes) is 2. The number of hydrogen-bond acceptors (Lipinski definition) is 7. The third-order valence-electron chi connectivity index (χ3n) is 6.10. The fraction of sp³-hybridized carbons (Fsp3) is 0.517. The first-order valence-corrected chi connectivity index (χ1v) is 14.7. The average molecular weight is 529 g/mol. The highest BCUT2D eigenvalue weighted by Gasteiger charge is 2.23. The minimum absolute atomic E-state index is 0.0507. The molecule has 0 amide bonds. The molecule has 0 aliphatic rings. The minimum Gasteiger partial charge on any atom is -0.616 e. The van der Waals surface area contributed by atoms with Crippen molar-refractivity contribution in [3.63, 3.8) is 0 Å². The number of aliphatic hydroxyl groups is 1. The lowest BCUT2D eigenvalue weighted by molar-refractivity contribution is 0.00129. The van der Waals surface area contributed by atoms with Gasteiger partial charge in [0.15, 0.2) is 6.10 Å². The molecule has 0 bridgehead atoms. The highest BCUT2D eigenvalue weighted by atomic mass is 32.2. The minimum atomic E-state index is -1.18. The van der Waals surface area contributed by atoms with Crippen molar-refractivity contribution in [2.75, 3.05) is 37.9 Å². The van der Waals surface area contributed by atoms with E-state index in [1.807, 2.05) is 0 Å². The second kappa shape index (κ2) is 16.6. The van der Waals surface area contributed by atoms with Crippen molar-refractivity contribution >= 4 is 21.9 Å². The van der Waals surface area contributed by atoms with E-state index >= 15 is 0 Å². The van der Waals surface area contributed by atoms with Crippen LogP contribution in [-0.4, -0.2) is 63.7 Å². The number of benzene rings is 2. The second-order valence-corrected chi connectivity index (χ2v) is 10.7. The molecule has 7 nitrogen and oxygen atoms in total. The van der Waals surface area contributed by atoms with Gasteiger partial charge in [0.2, 0.25) is 0 Å². The summed E-state index contributed by atoms with van der Waals surface area (Å²) in [6.07, 6.45) is 8.27. The Morgan fingerprint density at radius 1 is 1.00 bits per heavy atom. The van der Waals surface area contributed by atoms with Crippen molar-refractivity contribution in [2.45, 2.75) is 58.2 Å². The van der Waals surface area contributed by atoms with E-state index in [9.17, 15) is 4.55 Å². The maximum atomic E-state index is 12.6. The van der Waals surface area contributed by atoms with E-state index in [-0.39, 0.29) is 37.7 Å². The zero-order valence-corrected chi connectivity index (χ0v) is 22.8. The lowest BCUT2D eigenvalue weighted by Gasteiger charge is -2.23. The van der Waals surface area contributed by atoms with Crippen LogP contribution in [0.2, 0.25) is 0 Å². The van der Waals surface area contributed by atoms with Gasteiger partial charge in [0.25, 0.3) is 0 Å². The van der Waals surface area contributed by atoms with Crippen LogP contribution in [0.4, 0.5) is 0 Å². The maximum absolute atomic E-state index is 12.6. The summed E-state index contributed by atoms with van der Waals surface area (Å²) in [6, 6.07) is 15.2. The van der Waals surface area contributed by atoms with Crippen molar-refractivity contribution < 1.29 is 23.9 Å². The number of aromatic nitrogens is 2. The van der Waals surface area contributed by atoms with Crippen LogP contribution >= 0.6 is 0 Å².